The van der Waals surface area contributed by atoms with Gasteiger partial charge in [0.05, 0.1) is 11.5 Å². The first-order valence-corrected chi connectivity index (χ1v) is 22.9. The highest BCUT2D eigenvalue weighted by Gasteiger charge is 2.52. The lowest BCUT2D eigenvalue weighted by molar-refractivity contribution is 0.436. The molecule has 3 aliphatic rings. The predicted molar refractivity (Wildman–Crippen MR) is 264 cm³/mol. The lowest BCUT2D eigenvalue weighted by Gasteiger charge is -2.40. The minimum atomic E-state index is -0.599. The molecule has 0 saturated heterocycles. The van der Waals surface area contributed by atoms with E-state index in [1.54, 1.807) is 11.3 Å². The van der Waals surface area contributed by atoms with Crippen molar-refractivity contribution in [1.29, 1.82) is 0 Å². The Balaban J connectivity index is 1.04. The van der Waals surface area contributed by atoms with E-state index in [1.165, 1.54) is 59.1 Å². The van der Waals surface area contributed by atoms with Crippen LogP contribution >= 0.6 is 11.3 Å². The van der Waals surface area contributed by atoms with Crippen molar-refractivity contribution in [3.05, 3.63) is 240 Å². The van der Waals surface area contributed by atoms with Gasteiger partial charge in [-0.15, -0.1) is 11.3 Å². The van der Waals surface area contributed by atoms with Crippen LogP contribution in [0.3, 0.4) is 0 Å². The zero-order chi connectivity index (χ0) is 42.6. The molecular weight excluding hydrogens is 813 g/mol. The first-order chi connectivity index (χ1) is 32.2. The Hall–Kier alpha value is -8.19. The van der Waals surface area contributed by atoms with Crippen molar-refractivity contribution in [2.45, 2.75) is 11.5 Å². The molecule has 1 spiro atoms. The molecule has 6 heteroatoms. The summed E-state index contributed by atoms with van der Waals surface area (Å²) in [7, 11) is 0. The molecular formula is C59H36N4OS. The van der Waals surface area contributed by atoms with Crippen molar-refractivity contribution in [2.24, 2.45) is 0 Å². The highest BCUT2D eigenvalue weighted by molar-refractivity contribution is 7.26. The predicted octanol–water partition coefficient (Wildman–Crippen LogP) is 14.9. The smallest absolute Gasteiger partial charge is 0.165 e. The Morgan fingerprint density at radius 2 is 1.08 bits per heavy atom. The molecule has 4 heterocycles. The Kier molecular flexibility index (Phi) is 7.77. The van der Waals surface area contributed by atoms with E-state index in [9.17, 15) is 0 Å². The SMILES string of the molecule is c1ccc(-c2nc(-c3ccc4c(c3)-c3c(ccc5c3-c3ccccc3C53c5ccccc5Oc5ccccc53)C(c3ccccc3)N4)nc(-c3cccc4c3sc3ccccc34)n2)cc1. The number of rotatable bonds is 4. The summed E-state index contributed by atoms with van der Waals surface area (Å²) in [5, 5.41) is 6.45. The fourth-order valence-electron chi connectivity index (χ4n) is 10.9. The summed E-state index contributed by atoms with van der Waals surface area (Å²) < 4.78 is 9.10. The number of aromatic nitrogens is 3. The highest BCUT2D eigenvalue weighted by atomic mass is 32.1. The Morgan fingerprint density at radius 1 is 0.446 bits per heavy atom. The third kappa shape index (κ3) is 5.23. The van der Waals surface area contributed by atoms with Gasteiger partial charge in [-0.2, -0.15) is 0 Å². The van der Waals surface area contributed by atoms with Gasteiger partial charge in [0.1, 0.15) is 11.5 Å². The third-order valence-corrected chi connectivity index (χ3v) is 14.9. The molecule has 1 atom stereocenters. The number of para-hydroxylation sites is 2. The first kappa shape index (κ1) is 36.3. The second-order valence-electron chi connectivity index (χ2n) is 17.0. The van der Waals surface area contributed by atoms with Crippen molar-refractivity contribution in [1.82, 2.24) is 15.0 Å². The molecule has 0 bridgehead atoms. The van der Waals surface area contributed by atoms with Crippen LogP contribution in [-0.2, 0) is 5.41 Å². The van der Waals surface area contributed by atoms with E-state index in [-0.39, 0.29) is 6.04 Å². The zero-order valence-electron chi connectivity index (χ0n) is 34.9. The second-order valence-corrected chi connectivity index (χ2v) is 18.1. The fourth-order valence-corrected chi connectivity index (χ4v) is 12.1. The van der Waals surface area contributed by atoms with Crippen LogP contribution in [0.4, 0.5) is 5.69 Å². The van der Waals surface area contributed by atoms with Gasteiger partial charge in [-0.05, 0) is 81.4 Å². The van der Waals surface area contributed by atoms with Crippen molar-refractivity contribution in [3.63, 3.8) is 0 Å². The normalized spacial score (nSPS) is 14.7. The van der Waals surface area contributed by atoms with Gasteiger partial charge < -0.3 is 10.1 Å². The molecule has 304 valence electrons. The molecule has 9 aromatic carbocycles. The van der Waals surface area contributed by atoms with Gasteiger partial charge >= 0.3 is 0 Å². The summed E-state index contributed by atoms with van der Waals surface area (Å²) in [5.41, 5.74) is 15.3. The van der Waals surface area contributed by atoms with Gasteiger partial charge in [0.25, 0.3) is 0 Å². The summed E-state index contributed by atoms with van der Waals surface area (Å²) in [6, 6.07) is 73.6. The summed E-state index contributed by atoms with van der Waals surface area (Å²) >= 11 is 1.79. The molecule has 65 heavy (non-hydrogen) atoms. The van der Waals surface area contributed by atoms with E-state index in [0.29, 0.717) is 17.5 Å². The molecule has 0 amide bonds. The van der Waals surface area contributed by atoms with Gasteiger partial charge in [-0.3, -0.25) is 0 Å². The second kappa shape index (κ2) is 13.9. The molecule has 0 saturated carbocycles. The maximum absolute atomic E-state index is 6.70. The molecule has 1 unspecified atom stereocenters. The maximum atomic E-state index is 6.70. The number of ether oxygens (including phenoxy) is 1. The number of nitrogens with one attached hydrogen (secondary N) is 1. The highest BCUT2D eigenvalue weighted by Crippen LogP contribution is 2.65. The number of thiophene rings is 1. The lowest BCUT2D eigenvalue weighted by Crippen LogP contribution is -2.32. The summed E-state index contributed by atoms with van der Waals surface area (Å²) in [6.45, 7) is 0. The van der Waals surface area contributed by atoms with Crippen LogP contribution < -0.4 is 10.1 Å². The summed E-state index contributed by atoms with van der Waals surface area (Å²) in [4.78, 5) is 15.8. The van der Waals surface area contributed by atoms with E-state index in [2.05, 4.69) is 193 Å². The largest absolute Gasteiger partial charge is 0.457 e. The van der Waals surface area contributed by atoms with Crippen LogP contribution in [0.1, 0.15) is 39.4 Å². The van der Waals surface area contributed by atoms with Crippen molar-refractivity contribution >= 4 is 37.2 Å². The average Bonchev–Trinajstić information content (AvgIpc) is 3.90. The number of anilines is 1. The molecule has 14 rings (SSSR count). The molecule has 11 aromatic rings. The summed E-state index contributed by atoms with van der Waals surface area (Å²) in [6.07, 6.45) is 0. The minimum absolute atomic E-state index is 0.0805. The van der Waals surface area contributed by atoms with Crippen molar-refractivity contribution in [3.8, 4) is 67.9 Å². The fraction of sp³-hybridized carbons (Fsp3) is 0.0339. The van der Waals surface area contributed by atoms with Gasteiger partial charge in [-0.1, -0.05) is 164 Å². The van der Waals surface area contributed by atoms with Crippen LogP contribution in [0.15, 0.2) is 206 Å². The van der Waals surface area contributed by atoms with Gasteiger partial charge in [-0.25, -0.2) is 15.0 Å². The lowest BCUT2D eigenvalue weighted by atomic mass is 9.65. The first-order valence-electron chi connectivity index (χ1n) is 22.0. The topological polar surface area (TPSA) is 59.9 Å². The molecule has 0 radical (unpaired) electrons. The van der Waals surface area contributed by atoms with E-state index < -0.39 is 5.41 Å². The number of nitrogens with zero attached hydrogens (tertiary/aromatic N) is 3. The Morgan fingerprint density at radius 3 is 1.88 bits per heavy atom. The molecule has 2 aromatic heterocycles. The van der Waals surface area contributed by atoms with E-state index >= 15 is 0 Å². The Labute approximate surface area is 379 Å². The quantitative estimate of drug-likeness (QED) is 0.191. The number of hydrogen-bond donors (Lipinski definition) is 1. The maximum Gasteiger partial charge on any atom is 0.165 e. The molecule has 2 aliphatic heterocycles. The van der Waals surface area contributed by atoms with E-state index in [0.717, 1.165) is 50.6 Å². The number of hydrogen-bond acceptors (Lipinski definition) is 6. The van der Waals surface area contributed by atoms with Crippen molar-refractivity contribution in [2.75, 3.05) is 5.32 Å². The minimum Gasteiger partial charge on any atom is -0.457 e. The van der Waals surface area contributed by atoms with Crippen LogP contribution in [-0.4, -0.2) is 15.0 Å². The zero-order valence-corrected chi connectivity index (χ0v) is 35.7. The monoisotopic (exact) mass is 848 g/mol. The standard InChI is InChI=1S/C59H36N4OS/c1-3-16-35(17-4-1)54-41-31-32-47-53(40-21-7-9-24-44(40)59(47)45-25-10-12-27-49(45)64-50-28-13-11-26-46(50)59)52(41)43-34-37(30-33-48(43)60-54)57-61-56(36-18-5-2-6-19-36)62-58(63-57)42-23-15-22-39-38-20-8-14-29-51(38)65-55(39)42/h1-34,54,60H. The Bertz CT molecular complexity index is 3700. The number of benzene rings is 9. The molecule has 1 N–H and O–H groups in total. The van der Waals surface area contributed by atoms with Crippen LogP contribution in [0.25, 0.3) is 76.6 Å². The summed E-state index contributed by atoms with van der Waals surface area (Å²) in [5.74, 6) is 3.67. The van der Waals surface area contributed by atoms with Crippen LogP contribution in [0, 0.1) is 0 Å². The number of fused-ring (bicyclic) bond motifs is 16. The van der Waals surface area contributed by atoms with Gasteiger partial charge in [0.15, 0.2) is 17.5 Å². The van der Waals surface area contributed by atoms with Crippen LogP contribution in [0.2, 0.25) is 0 Å². The third-order valence-electron chi connectivity index (χ3n) is 13.6. The molecule has 5 nitrogen and oxygen atoms in total. The van der Waals surface area contributed by atoms with Gasteiger partial charge in [0.2, 0.25) is 0 Å². The molecule has 0 fully saturated rings. The van der Waals surface area contributed by atoms with E-state index in [4.69, 9.17) is 19.7 Å². The van der Waals surface area contributed by atoms with Crippen LogP contribution in [0.5, 0.6) is 11.5 Å². The average molecular weight is 849 g/mol. The van der Waals surface area contributed by atoms with E-state index in [1.807, 2.05) is 18.2 Å². The van der Waals surface area contributed by atoms with Crippen molar-refractivity contribution < 1.29 is 4.74 Å². The van der Waals surface area contributed by atoms with Gasteiger partial charge in [0, 0.05) is 59.2 Å². The molecule has 1 aliphatic carbocycles.